The summed E-state index contributed by atoms with van der Waals surface area (Å²) in [4.78, 5) is 32.2. The molecule has 0 saturated heterocycles. The van der Waals surface area contributed by atoms with Crippen LogP contribution >= 0.6 is 11.8 Å². The zero-order valence-corrected chi connectivity index (χ0v) is 15.5. The van der Waals surface area contributed by atoms with Gasteiger partial charge in [-0.2, -0.15) is 0 Å². The summed E-state index contributed by atoms with van der Waals surface area (Å²) in [5, 5.41) is 2.59. The van der Waals surface area contributed by atoms with Crippen molar-refractivity contribution in [3.8, 4) is 5.75 Å². The van der Waals surface area contributed by atoms with E-state index in [0.717, 1.165) is 11.8 Å². The van der Waals surface area contributed by atoms with Gasteiger partial charge >= 0.3 is 5.97 Å². The Labute approximate surface area is 155 Å². The molecule has 1 atom stereocenters. The zero-order valence-electron chi connectivity index (χ0n) is 14.7. The van der Waals surface area contributed by atoms with Crippen LogP contribution in [0.1, 0.15) is 24.2 Å². The molecule has 0 bridgehead atoms. The second kappa shape index (κ2) is 9.04. The topological polar surface area (TPSA) is 116 Å². The number of benzene rings is 1. The number of rotatable bonds is 7. The van der Waals surface area contributed by atoms with E-state index in [0.29, 0.717) is 16.6 Å². The fraction of sp³-hybridized carbons (Fsp3) is 0.294. The Morgan fingerprint density at radius 2 is 2.08 bits per heavy atom. The van der Waals surface area contributed by atoms with E-state index >= 15 is 0 Å². The first-order valence-electron chi connectivity index (χ1n) is 7.86. The maximum absolute atomic E-state index is 12.4. The molecule has 0 unspecified atom stereocenters. The molecule has 3 N–H and O–H groups in total. The lowest BCUT2D eigenvalue weighted by molar-refractivity contribution is -0.115. The number of methoxy groups -OCH3 is 1. The number of ether oxygens (including phenoxy) is 2. The van der Waals surface area contributed by atoms with Crippen LogP contribution in [0.5, 0.6) is 5.75 Å². The third-order valence-electron chi connectivity index (χ3n) is 3.31. The van der Waals surface area contributed by atoms with Crippen molar-refractivity contribution in [2.75, 3.05) is 24.8 Å². The molecule has 0 fully saturated rings. The lowest BCUT2D eigenvalue weighted by atomic mass is 10.3. The van der Waals surface area contributed by atoms with E-state index in [1.165, 1.54) is 13.3 Å². The van der Waals surface area contributed by atoms with Crippen LogP contribution in [0.2, 0.25) is 0 Å². The highest BCUT2D eigenvalue weighted by Crippen LogP contribution is 2.26. The van der Waals surface area contributed by atoms with Gasteiger partial charge in [0.1, 0.15) is 17.1 Å². The number of nitrogens with two attached hydrogens (primary N) is 1. The second-order valence-electron chi connectivity index (χ2n) is 5.12. The molecule has 2 rings (SSSR count). The van der Waals surface area contributed by atoms with Crippen molar-refractivity contribution in [3.63, 3.8) is 0 Å². The van der Waals surface area contributed by atoms with Gasteiger partial charge in [-0.25, -0.2) is 14.8 Å². The predicted molar refractivity (Wildman–Crippen MR) is 99.3 cm³/mol. The highest BCUT2D eigenvalue weighted by atomic mass is 32.2. The smallest absolute Gasteiger partial charge is 0.343 e. The molecule has 2 aromatic rings. The van der Waals surface area contributed by atoms with Crippen molar-refractivity contribution in [2.45, 2.75) is 24.3 Å². The number of carbonyl (C=O) groups excluding carboxylic acids is 2. The van der Waals surface area contributed by atoms with E-state index in [1.807, 2.05) is 6.07 Å². The minimum Gasteiger partial charge on any atom is -0.495 e. The number of para-hydroxylation sites is 2. The second-order valence-corrected chi connectivity index (χ2v) is 6.43. The van der Waals surface area contributed by atoms with Gasteiger partial charge in [0.2, 0.25) is 5.91 Å². The van der Waals surface area contributed by atoms with Gasteiger partial charge in [0, 0.05) is 6.20 Å². The van der Waals surface area contributed by atoms with Crippen molar-refractivity contribution >= 4 is 35.1 Å². The highest BCUT2D eigenvalue weighted by Gasteiger charge is 2.19. The number of anilines is 2. The number of amides is 1. The molecule has 0 aliphatic rings. The highest BCUT2D eigenvalue weighted by molar-refractivity contribution is 8.00. The molecule has 0 saturated carbocycles. The van der Waals surface area contributed by atoms with Crippen molar-refractivity contribution in [1.82, 2.24) is 9.97 Å². The molecule has 8 nitrogen and oxygen atoms in total. The van der Waals surface area contributed by atoms with E-state index in [9.17, 15) is 9.59 Å². The molecule has 138 valence electrons. The monoisotopic (exact) mass is 376 g/mol. The molecule has 1 heterocycles. The van der Waals surface area contributed by atoms with Gasteiger partial charge < -0.3 is 20.5 Å². The molecule has 0 spiro atoms. The average molecular weight is 376 g/mol. The summed E-state index contributed by atoms with van der Waals surface area (Å²) in [5.74, 6) is -0.240. The third kappa shape index (κ3) is 4.85. The van der Waals surface area contributed by atoms with Crippen LogP contribution in [-0.2, 0) is 9.53 Å². The molecule has 26 heavy (non-hydrogen) atoms. The molecule has 0 aliphatic carbocycles. The number of thioether (sulfide) groups is 1. The number of nitrogen functional groups attached to an aromatic ring is 1. The summed E-state index contributed by atoms with van der Waals surface area (Å²) in [6, 6.07) is 7.12. The Kier molecular flexibility index (Phi) is 6.79. The van der Waals surface area contributed by atoms with E-state index in [4.69, 9.17) is 15.2 Å². The number of hydrogen-bond donors (Lipinski definition) is 2. The normalized spacial score (nSPS) is 11.5. The van der Waals surface area contributed by atoms with Gasteiger partial charge in [-0.3, -0.25) is 4.79 Å². The summed E-state index contributed by atoms with van der Waals surface area (Å²) in [5.41, 5.74) is 6.46. The fourth-order valence-corrected chi connectivity index (χ4v) is 2.74. The van der Waals surface area contributed by atoms with Gasteiger partial charge in [-0.05, 0) is 26.0 Å². The molecule has 9 heteroatoms. The molecular weight excluding hydrogens is 356 g/mol. The summed E-state index contributed by atoms with van der Waals surface area (Å²) in [6.07, 6.45) is 1.30. The van der Waals surface area contributed by atoms with Gasteiger partial charge in [0.25, 0.3) is 0 Å². The molecule has 0 aliphatic heterocycles. The minimum absolute atomic E-state index is 0.0123. The van der Waals surface area contributed by atoms with E-state index in [2.05, 4.69) is 15.3 Å². The number of hydrogen-bond acceptors (Lipinski definition) is 8. The number of aromatic nitrogens is 2. The molecule has 1 aromatic carbocycles. The van der Waals surface area contributed by atoms with E-state index < -0.39 is 11.2 Å². The Balaban J connectivity index is 2.04. The fourth-order valence-electron chi connectivity index (χ4n) is 1.99. The Morgan fingerprint density at radius 3 is 2.73 bits per heavy atom. The number of carbonyl (C=O) groups is 2. The first-order chi connectivity index (χ1) is 12.5. The number of nitrogens with one attached hydrogen (secondary N) is 1. The first kappa shape index (κ1) is 19.5. The van der Waals surface area contributed by atoms with Crippen molar-refractivity contribution in [3.05, 3.63) is 36.0 Å². The minimum atomic E-state index is -0.580. The van der Waals surface area contributed by atoms with Crippen molar-refractivity contribution in [2.24, 2.45) is 0 Å². The zero-order chi connectivity index (χ0) is 19.1. The van der Waals surface area contributed by atoms with Crippen LogP contribution in [-0.4, -0.2) is 40.8 Å². The van der Waals surface area contributed by atoms with Crippen LogP contribution in [0.3, 0.4) is 0 Å². The van der Waals surface area contributed by atoms with Crippen molar-refractivity contribution in [1.29, 1.82) is 0 Å². The van der Waals surface area contributed by atoms with Crippen LogP contribution in [0.15, 0.2) is 35.6 Å². The van der Waals surface area contributed by atoms with Gasteiger partial charge in [0.05, 0.1) is 24.7 Å². The number of esters is 1. The van der Waals surface area contributed by atoms with Crippen LogP contribution in [0.25, 0.3) is 0 Å². The van der Waals surface area contributed by atoms with E-state index in [1.54, 1.807) is 32.0 Å². The van der Waals surface area contributed by atoms with Gasteiger partial charge in [-0.15, -0.1) is 0 Å². The van der Waals surface area contributed by atoms with E-state index in [-0.39, 0.29) is 23.9 Å². The lowest BCUT2D eigenvalue weighted by Crippen LogP contribution is -2.23. The number of nitrogens with zero attached hydrogens (tertiary/aromatic N) is 2. The van der Waals surface area contributed by atoms with Gasteiger partial charge in [0.15, 0.2) is 5.16 Å². The van der Waals surface area contributed by atoms with Crippen LogP contribution in [0.4, 0.5) is 11.5 Å². The SMILES string of the molecule is CCOC(=O)c1cnc(S[C@@H](C)C(=O)Nc2ccccc2OC)nc1N. The third-order valence-corrected chi connectivity index (χ3v) is 4.28. The quantitative estimate of drug-likeness (QED) is 0.430. The molecule has 1 aromatic heterocycles. The molecular formula is C17H20N4O4S. The predicted octanol–water partition coefficient (Wildman–Crippen LogP) is 2.36. The Hall–Kier alpha value is -2.81. The lowest BCUT2D eigenvalue weighted by Gasteiger charge is -2.13. The molecule has 0 radical (unpaired) electrons. The first-order valence-corrected chi connectivity index (χ1v) is 8.74. The average Bonchev–Trinajstić information content (AvgIpc) is 2.62. The standard InChI is InChI=1S/C17H20N4O4S/c1-4-25-16(23)11-9-19-17(21-14(11)18)26-10(2)15(22)20-12-7-5-6-8-13(12)24-3/h5-10H,4H2,1-3H3,(H,20,22)(H2,18,19,21)/t10-/m0/s1. The van der Waals surface area contributed by atoms with Gasteiger partial charge in [-0.1, -0.05) is 23.9 Å². The van der Waals surface area contributed by atoms with Crippen LogP contribution in [0, 0.1) is 0 Å². The maximum atomic E-state index is 12.4. The molecule has 1 amide bonds. The summed E-state index contributed by atoms with van der Waals surface area (Å²) in [7, 11) is 1.53. The Bertz CT molecular complexity index is 800. The Morgan fingerprint density at radius 1 is 1.35 bits per heavy atom. The summed E-state index contributed by atoms with van der Waals surface area (Å²) in [6.45, 7) is 3.64. The maximum Gasteiger partial charge on any atom is 0.343 e. The van der Waals surface area contributed by atoms with Crippen molar-refractivity contribution < 1.29 is 19.1 Å². The van der Waals surface area contributed by atoms with Crippen LogP contribution < -0.4 is 15.8 Å². The largest absolute Gasteiger partial charge is 0.495 e. The summed E-state index contributed by atoms with van der Waals surface area (Å²) >= 11 is 1.13. The summed E-state index contributed by atoms with van der Waals surface area (Å²) < 4.78 is 10.1.